The summed E-state index contributed by atoms with van der Waals surface area (Å²) in [5.41, 5.74) is 5.40. The third kappa shape index (κ3) is 10.9. The molecule has 0 aliphatic carbocycles. The average molecular weight is 618 g/mol. The fourth-order valence-corrected chi connectivity index (χ4v) is 4.30. The number of rotatable bonds is 6. The number of carbonyl (C=O) groups is 5. The zero-order valence-electron chi connectivity index (χ0n) is 25.8. The Morgan fingerprint density at radius 2 is 1.68 bits per heavy atom. The Morgan fingerprint density at radius 3 is 2.23 bits per heavy atom. The molecule has 44 heavy (non-hydrogen) atoms. The third-order valence-electron chi connectivity index (χ3n) is 6.18. The van der Waals surface area contributed by atoms with E-state index < -0.39 is 23.5 Å². The number of benzene rings is 2. The normalized spacial score (nSPS) is 15.1. The van der Waals surface area contributed by atoms with Crippen LogP contribution in [0.15, 0.2) is 42.5 Å². The van der Waals surface area contributed by atoms with E-state index in [-0.39, 0.29) is 54.0 Å². The van der Waals surface area contributed by atoms with E-state index in [1.807, 2.05) is 6.92 Å². The summed E-state index contributed by atoms with van der Waals surface area (Å²) >= 11 is 0. The second kappa shape index (κ2) is 18.1. The number of likely N-dealkylation sites (tertiary alicyclic amines) is 1. The highest BCUT2D eigenvalue weighted by atomic mass is 19.1. The van der Waals surface area contributed by atoms with Gasteiger partial charge in [-0.3, -0.25) is 24.0 Å². The van der Waals surface area contributed by atoms with E-state index in [1.165, 1.54) is 18.0 Å². The number of H-pyrrole nitrogens is 1. The van der Waals surface area contributed by atoms with Crippen LogP contribution < -0.4 is 11.1 Å². The van der Waals surface area contributed by atoms with Crippen LogP contribution in [0.25, 0.3) is 10.9 Å². The van der Waals surface area contributed by atoms with Gasteiger partial charge in [-0.15, -0.1) is 0 Å². The van der Waals surface area contributed by atoms with Crippen molar-refractivity contribution in [1.82, 2.24) is 14.8 Å². The van der Waals surface area contributed by atoms with Gasteiger partial charge in [0.1, 0.15) is 23.6 Å². The van der Waals surface area contributed by atoms with E-state index in [0.717, 1.165) is 25.2 Å². The minimum atomic E-state index is -0.788. The van der Waals surface area contributed by atoms with Gasteiger partial charge in [0.05, 0.1) is 18.0 Å². The highest BCUT2D eigenvalue weighted by Gasteiger charge is 2.37. The van der Waals surface area contributed by atoms with Gasteiger partial charge in [0.2, 0.25) is 18.2 Å². The first kappa shape index (κ1) is 37.4. The fraction of sp³-hybridized carbons (Fsp3) is 0.387. The maximum Gasteiger partial charge on any atom is 0.270 e. The molecule has 0 bridgehead atoms. The number of aromatic amines is 1. The first-order valence-corrected chi connectivity index (χ1v) is 13.8. The number of hydrogen-bond acceptors (Lipinski definition) is 6. The van der Waals surface area contributed by atoms with Crippen molar-refractivity contribution >= 4 is 47.0 Å². The number of amides is 4. The van der Waals surface area contributed by atoms with Crippen molar-refractivity contribution < 1.29 is 37.9 Å². The molecule has 2 heterocycles. The molecule has 4 amide bonds. The number of aldehydes is 1. The van der Waals surface area contributed by atoms with E-state index in [9.17, 15) is 28.0 Å². The molecular formula is C31H41F2N5O6. The van der Waals surface area contributed by atoms with Crippen molar-refractivity contribution in [2.24, 2.45) is 17.6 Å². The summed E-state index contributed by atoms with van der Waals surface area (Å²) in [5.74, 6) is -2.25. The van der Waals surface area contributed by atoms with Crippen molar-refractivity contribution in [3.05, 3.63) is 65.4 Å². The molecular weight excluding hydrogens is 576 g/mol. The van der Waals surface area contributed by atoms with E-state index in [1.54, 1.807) is 29.2 Å². The first-order valence-electron chi connectivity index (χ1n) is 13.8. The second-order valence-corrected chi connectivity index (χ2v) is 10.6. The number of aliphatic hydroxyl groups excluding tert-OH is 1. The molecule has 1 aliphatic heterocycles. The largest absolute Gasteiger partial charge is 0.400 e. The molecule has 11 nitrogen and oxygen atoms in total. The number of aromatic nitrogens is 1. The van der Waals surface area contributed by atoms with E-state index in [2.05, 4.69) is 36.8 Å². The fourth-order valence-electron chi connectivity index (χ4n) is 4.30. The number of hydrogen-bond donors (Lipinski definition) is 4. The molecule has 1 aliphatic rings. The number of nitrogens with two attached hydrogens (primary N) is 1. The van der Waals surface area contributed by atoms with Crippen molar-refractivity contribution in [2.45, 2.75) is 40.2 Å². The minimum absolute atomic E-state index is 0.0344. The maximum absolute atomic E-state index is 14.0. The molecule has 1 aromatic heterocycles. The standard InChI is InChI=1S/C25H24F2N4O4.C4H10.CH3NO.CH4O/c1-14-7-16(24(34)28-18-5-3-15(13-32)4-6-18)11-31(14)23(33)12-30(2)25(35)22-10-19-20(27)8-17(26)9-21(19)29-22;1-4(2)3;2-1-3;1-2/h3-6,8-10,13-14,16,29H,7,11-12H2,1-2H3,(H,28,34);4H,1-3H3;1H,(H2,2,3);2H,1H3. The van der Waals surface area contributed by atoms with Crippen molar-refractivity contribution in [3.8, 4) is 0 Å². The lowest BCUT2D eigenvalue weighted by molar-refractivity contribution is -0.132. The Balaban J connectivity index is 0.000000961. The summed E-state index contributed by atoms with van der Waals surface area (Å²) in [6, 6.07) is 9.37. The number of primary amides is 1. The molecule has 1 fully saturated rings. The molecule has 240 valence electrons. The highest BCUT2D eigenvalue weighted by Crippen LogP contribution is 2.25. The summed E-state index contributed by atoms with van der Waals surface area (Å²) in [5, 5.41) is 9.88. The molecule has 1 saturated heterocycles. The molecule has 2 unspecified atom stereocenters. The molecule has 3 aromatic rings. The minimum Gasteiger partial charge on any atom is -0.400 e. The predicted octanol–water partition coefficient (Wildman–Crippen LogP) is 3.58. The molecule has 2 atom stereocenters. The maximum atomic E-state index is 14.0. The topological polar surface area (TPSA) is 166 Å². The lowest BCUT2D eigenvalue weighted by Gasteiger charge is -2.24. The third-order valence-corrected chi connectivity index (χ3v) is 6.18. The zero-order valence-corrected chi connectivity index (χ0v) is 25.8. The molecule has 0 spiro atoms. The number of anilines is 1. The Bertz CT molecular complexity index is 1410. The average Bonchev–Trinajstić information content (AvgIpc) is 3.58. The van der Waals surface area contributed by atoms with E-state index in [4.69, 9.17) is 9.90 Å². The van der Waals surface area contributed by atoms with Crippen LogP contribution >= 0.6 is 0 Å². The van der Waals surface area contributed by atoms with Crippen LogP contribution in [-0.2, 0) is 14.4 Å². The molecule has 5 N–H and O–H groups in total. The quantitative estimate of drug-likeness (QED) is 0.309. The number of carbonyl (C=O) groups excluding carboxylic acids is 5. The van der Waals surface area contributed by atoms with Gasteiger partial charge in [0.15, 0.2) is 0 Å². The summed E-state index contributed by atoms with van der Waals surface area (Å²) in [7, 11) is 2.44. The molecule has 13 heteroatoms. The number of likely N-dealkylation sites (N-methyl/N-ethyl adjacent to an activating group) is 1. The van der Waals surface area contributed by atoms with Crippen molar-refractivity contribution in [3.63, 3.8) is 0 Å². The Labute approximate surface area is 255 Å². The van der Waals surface area contributed by atoms with Gasteiger partial charge in [0, 0.05) is 49.4 Å². The monoisotopic (exact) mass is 617 g/mol. The van der Waals surface area contributed by atoms with Gasteiger partial charge in [-0.25, -0.2) is 8.78 Å². The number of nitrogens with zero attached hydrogens (tertiary/aromatic N) is 2. The Morgan fingerprint density at radius 1 is 1.11 bits per heavy atom. The number of nitrogens with one attached hydrogen (secondary N) is 2. The highest BCUT2D eigenvalue weighted by molar-refractivity contribution is 6.00. The zero-order chi connectivity index (χ0) is 33.6. The molecule has 0 saturated carbocycles. The van der Waals surface area contributed by atoms with Crippen LogP contribution in [0.2, 0.25) is 0 Å². The Kier molecular flexibility index (Phi) is 15.4. The van der Waals surface area contributed by atoms with Gasteiger partial charge in [-0.05, 0) is 55.7 Å². The molecule has 2 aromatic carbocycles. The van der Waals surface area contributed by atoms with Gasteiger partial charge in [0.25, 0.3) is 5.91 Å². The molecule has 0 radical (unpaired) electrons. The SMILES string of the molecule is CC(C)C.CC1CC(C(=O)Nc2ccc(C=O)cc2)CN1C(=O)CN(C)C(=O)c1cc2c(F)cc(F)cc2[nH]1.CO.NC=O. The van der Waals surface area contributed by atoms with Crippen LogP contribution in [0.4, 0.5) is 14.5 Å². The lowest BCUT2D eigenvalue weighted by atomic mass is 10.1. The van der Waals surface area contributed by atoms with Crippen LogP contribution in [-0.4, -0.2) is 83.6 Å². The smallest absolute Gasteiger partial charge is 0.270 e. The summed E-state index contributed by atoms with van der Waals surface area (Å²) in [6.45, 7) is 8.30. The number of aliphatic hydroxyl groups is 1. The van der Waals surface area contributed by atoms with Crippen molar-refractivity contribution in [1.29, 1.82) is 0 Å². The van der Waals surface area contributed by atoms with Crippen molar-refractivity contribution in [2.75, 3.05) is 32.6 Å². The van der Waals surface area contributed by atoms with Gasteiger partial charge in [-0.1, -0.05) is 20.8 Å². The predicted molar refractivity (Wildman–Crippen MR) is 164 cm³/mol. The summed E-state index contributed by atoms with van der Waals surface area (Å²) < 4.78 is 27.4. The van der Waals surface area contributed by atoms with Gasteiger partial charge < -0.3 is 30.9 Å². The second-order valence-electron chi connectivity index (χ2n) is 10.6. The molecule has 4 rings (SSSR count). The number of halogens is 2. The first-order chi connectivity index (χ1) is 20.8. The number of fused-ring (bicyclic) bond motifs is 1. The Hall–Kier alpha value is -4.65. The van der Waals surface area contributed by atoms with Gasteiger partial charge in [-0.2, -0.15) is 0 Å². The van der Waals surface area contributed by atoms with Crippen LogP contribution in [0.1, 0.15) is 55.0 Å². The summed E-state index contributed by atoms with van der Waals surface area (Å²) in [6.07, 6.45) is 1.43. The van der Waals surface area contributed by atoms with Gasteiger partial charge >= 0.3 is 0 Å². The van der Waals surface area contributed by atoms with Crippen LogP contribution in [0.5, 0.6) is 0 Å². The van der Waals surface area contributed by atoms with E-state index >= 15 is 0 Å². The summed E-state index contributed by atoms with van der Waals surface area (Å²) in [4.78, 5) is 63.2. The van der Waals surface area contributed by atoms with E-state index in [0.29, 0.717) is 24.0 Å². The van der Waals surface area contributed by atoms with Crippen LogP contribution in [0.3, 0.4) is 0 Å². The lowest BCUT2D eigenvalue weighted by Crippen LogP contribution is -2.43. The van der Waals surface area contributed by atoms with Crippen LogP contribution in [0, 0.1) is 23.5 Å².